The zero-order valence-electron chi connectivity index (χ0n) is 5.42. The third kappa shape index (κ3) is 1.31. The van der Waals surface area contributed by atoms with E-state index >= 15 is 0 Å². The van der Waals surface area contributed by atoms with Gasteiger partial charge in [-0.05, 0) is 0 Å². The number of nitrogens with zero attached hydrogens (tertiary/aromatic N) is 2. The first-order chi connectivity index (χ1) is 4.88. The lowest BCUT2D eigenvalue weighted by atomic mass is 10.5. The number of imidazole rings is 1. The van der Waals surface area contributed by atoms with Crippen molar-refractivity contribution in [1.29, 1.82) is 0 Å². The van der Waals surface area contributed by atoms with Crippen LogP contribution in [0.2, 0.25) is 0 Å². The number of alkyl halides is 1. The fourth-order valence-corrected chi connectivity index (χ4v) is 0.923. The molecule has 52 valence electrons. The maximum absolute atomic E-state index is 5.58. The van der Waals surface area contributed by atoms with E-state index in [1.807, 2.05) is 4.57 Å². The zero-order chi connectivity index (χ0) is 7.40. The molecule has 0 saturated heterocycles. The number of hydrogen-bond donors (Lipinski definition) is 0. The zero-order valence-corrected chi connectivity index (χ0v) is 6.17. The lowest BCUT2D eigenvalue weighted by Gasteiger charge is -1.97. The minimum Gasteiger partial charge on any atom is -0.322 e. The summed E-state index contributed by atoms with van der Waals surface area (Å²) in [5.41, 5.74) is 0.958. The van der Waals surface area contributed by atoms with E-state index in [-0.39, 0.29) is 0 Å². The SMILES string of the molecule is C#CCn1cncc1CCl. The molecule has 1 aromatic heterocycles. The summed E-state index contributed by atoms with van der Waals surface area (Å²) in [6.45, 7) is 0.544. The van der Waals surface area contributed by atoms with Crippen LogP contribution in [0.25, 0.3) is 0 Å². The summed E-state index contributed by atoms with van der Waals surface area (Å²) < 4.78 is 1.84. The molecule has 1 aromatic rings. The van der Waals surface area contributed by atoms with Gasteiger partial charge in [0.1, 0.15) is 0 Å². The Bertz CT molecular complexity index is 246. The van der Waals surface area contributed by atoms with Gasteiger partial charge in [-0.1, -0.05) is 5.92 Å². The van der Waals surface area contributed by atoms with Gasteiger partial charge in [0.25, 0.3) is 0 Å². The summed E-state index contributed by atoms with van der Waals surface area (Å²) in [6.07, 6.45) is 8.49. The summed E-state index contributed by atoms with van der Waals surface area (Å²) in [7, 11) is 0. The van der Waals surface area contributed by atoms with Crippen LogP contribution in [0.4, 0.5) is 0 Å². The molecular weight excluding hydrogens is 148 g/mol. The second kappa shape index (κ2) is 3.28. The maximum atomic E-state index is 5.58. The predicted octanol–water partition coefficient (Wildman–Crippen LogP) is 1.26. The van der Waals surface area contributed by atoms with Gasteiger partial charge in [0.15, 0.2) is 0 Å². The molecule has 0 atom stereocenters. The van der Waals surface area contributed by atoms with Crippen molar-refractivity contribution >= 4 is 11.6 Å². The average molecular weight is 155 g/mol. The van der Waals surface area contributed by atoms with Crippen molar-refractivity contribution < 1.29 is 0 Å². The Hall–Kier alpha value is -0.940. The van der Waals surface area contributed by atoms with Gasteiger partial charge in [-0.15, -0.1) is 18.0 Å². The van der Waals surface area contributed by atoms with E-state index in [0.717, 1.165) is 5.69 Å². The van der Waals surface area contributed by atoms with E-state index < -0.39 is 0 Å². The minimum absolute atomic E-state index is 0.460. The Labute approximate surface area is 64.8 Å². The molecule has 3 heteroatoms. The first-order valence-electron chi connectivity index (χ1n) is 2.87. The van der Waals surface area contributed by atoms with Crippen LogP contribution < -0.4 is 0 Å². The summed E-state index contributed by atoms with van der Waals surface area (Å²) >= 11 is 5.58. The van der Waals surface area contributed by atoms with E-state index in [0.29, 0.717) is 12.4 Å². The number of aromatic nitrogens is 2. The van der Waals surface area contributed by atoms with Gasteiger partial charge in [0, 0.05) is 6.20 Å². The summed E-state index contributed by atoms with van der Waals surface area (Å²) in [5, 5.41) is 0. The normalized spacial score (nSPS) is 9.20. The number of hydrogen-bond acceptors (Lipinski definition) is 1. The van der Waals surface area contributed by atoms with E-state index in [2.05, 4.69) is 10.9 Å². The Morgan fingerprint density at radius 1 is 1.80 bits per heavy atom. The molecule has 1 heterocycles. The third-order valence-electron chi connectivity index (χ3n) is 1.20. The molecule has 0 aliphatic carbocycles. The Balaban J connectivity index is 2.82. The fourth-order valence-electron chi connectivity index (χ4n) is 0.700. The molecule has 10 heavy (non-hydrogen) atoms. The van der Waals surface area contributed by atoms with Crippen molar-refractivity contribution in [3.8, 4) is 12.3 Å². The summed E-state index contributed by atoms with van der Waals surface area (Å²) in [4.78, 5) is 3.89. The van der Waals surface area contributed by atoms with Gasteiger partial charge >= 0.3 is 0 Å². The van der Waals surface area contributed by atoms with E-state index in [9.17, 15) is 0 Å². The topological polar surface area (TPSA) is 17.8 Å². The van der Waals surface area contributed by atoms with Gasteiger partial charge in [0.05, 0.1) is 24.4 Å². The summed E-state index contributed by atoms with van der Waals surface area (Å²) in [6, 6.07) is 0. The first kappa shape index (κ1) is 7.17. The standard InChI is InChI=1S/C7H7ClN2/c1-2-3-10-6-9-5-7(10)4-8/h1,5-6H,3-4H2. The number of rotatable bonds is 2. The molecule has 0 fully saturated rings. The van der Waals surface area contributed by atoms with Crippen molar-refractivity contribution in [2.75, 3.05) is 0 Å². The van der Waals surface area contributed by atoms with Crippen LogP contribution in [0.3, 0.4) is 0 Å². The molecule has 0 radical (unpaired) electrons. The van der Waals surface area contributed by atoms with Crippen molar-refractivity contribution in [2.24, 2.45) is 0 Å². The molecule has 0 N–H and O–H groups in total. The molecule has 0 aliphatic rings. The highest BCUT2D eigenvalue weighted by Gasteiger charge is 1.96. The second-order valence-corrected chi connectivity index (χ2v) is 2.12. The number of halogens is 1. The van der Waals surface area contributed by atoms with Gasteiger partial charge in [-0.25, -0.2) is 4.98 Å². The van der Waals surface area contributed by atoms with E-state index in [4.69, 9.17) is 18.0 Å². The highest BCUT2D eigenvalue weighted by atomic mass is 35.5. The predicted molar refractivity (Wildman–Crippen MR) is 40.6 cm³/mol. The van der Waals surface area contributed by atoms with Crippen molar-refractivity contribution in [1.82, 2.24) is 9.55 Å². The molecule has 0 saturated carbocycles. The van der Waals surface area contributed by atoms with Gasteiger partial charge in [0.2, 0.25) is 0 Å². The number of terminal acetylenes is 1. The lowest BCUT2D eigenvalue weighted by Crippen LogP contribution is -1.97. The Morgan fingerprint density at radius 3 is 3.20 bits per heavy atom. The van der Waals surface area contributed by atoms with Crippen LogP contribution in [0, 0.1) is 12.3 Å². The maximum Gasteiger partial charge on any atom is 0.0957 e. The van der Waals surface area contributed by atoms with Crippen LogP contribution in [0.15, 0.2) is 12.5 Å². The van der Waals surface area contributed by atoms with Gasteiger partial charge in [-0.2, -0.15) is 0 Å². The molecule has 2 nitrogen and oxygen atoms in total. The monoisotopic (exact) mass is 154 g/mol. The highest BCUT2D eigenvalue weighted by molar-refractivity contribution is 6.16. The van der Waals surface area contributed by atoms with Crippen LogP contribution in [0.1, 0.15) is 5.69 Å². The van der Waals surface area contributed by atoms with E-state index in [1.165, 1.54) is 0 Å². The lowest BCUT2D eigenvalue weighted by molar-refractivity contribution is 0.802. The van der Waals surface area contributed by atoms with Crippen molar-refractivity contribution in [2.45, 2.75) is 12.4 Å². The molecule has 1 rings (SSSR count). The van der Waals surface area contributed by atoms with Crippen LogP contribution >= 0.6 is 11.6 Å². The largest absolute Gasteiger partial charge is 0.322 e. The average Bonchev–Trinajstić information content (AvgIpc) is 2.36. The second-order valence-electron chi connectivity index (χ2n) is 1.85. The first-order valence-corrected chi connectivity index (χ1v) is 3.40. The summed E-state index contributed by atoms with van der Waals surface area (Å²) in [5.74, 6) is 2.97. The Kier molecular flexibility index (Phi) is 2.35. The molecule has 0 spiro atoms. The Morgan fingerprint density at radius 2 is 2.60 bits per heavy atom. The molecule has 0 bridgehead atoms. The molecule has 0 aliphatic heterocycles. The minimum atomic E-state index is 0.460. The highest BCUT2D eigenvalue weighted by Crippen LogP contribution is 2.01. The fraction of sp³-hybridized carbons (Fsp3) is 0.286. The molecule has 0 unspecified atom stereocenters. The van der Waals surface area contributed by atoms with E-state index in [1.54, 1.807) is 12.5 Å². The van der Waals surface area contributed by atoms with Crippen LogP contribution in [-0.4, -0.2) is 9.55 Å². The van der Waals surface area contributed by atoms with Gasteiger partial charge < -0.3 is 4.57 Å². The van der Waals surface area contributed by atoms with Crippen molar-refractivity contribution in [3.05, 3.63) is 18.2 Å². The molecule has 0 aromatic carbocycles. The quantitative estimate of drug-likeness (QED) is 0.463. The van der Waals surface area contributed by atoms with Gasteiger partial charge in [-0.3, -0.25) is 0 Å². The van der Waals surface area contributed by atoms with Crippen LogP contribution in [-0.2, 0) is 12.4 Å². The van der Waals surface area contributed by atoms with Crippen molar-refractivity contribution in [3.63, 3.8) is 0 Å². The molecular formula is C7H7ClN2. The molecule has 0 amide bonds. The van der Waals surface area contributed by atoms with Crippen LogP contribution in [0.5, 0.6) is 0 Å². The third-order valence-corrected chi connectivity index (χ3v) is 1.47. The smallest absolute Gasteiger partial charge is 0.0957 e.